The van der Waals surface area contributed by atoms with Crippen LogP contribution in [0.15, 0.2) is 43.0 Å². The highest BCUT2D eigenvalue weighted by molar-refractivity contribution is 5.95. The summed E-state index contributed by atoms with van der Waals surface area (Å²) in [7, 11) is 0. The van der Waals surface area contributed by atoms with Gasteiger partial charge in [-0.15, -0.1) is 0 Å². The van der Waals surface area contributed by atoms with E-state index in [-0.39, 0.29) is 24.5 Å². The molecular weight excluding hydrogens is 320 g/mol. The van der Waals surface area contributed by atoms with Crippen LogP contribution in [0.1, 0.15) is 19.8 Å². The summed E-state index contributed by atoms with van der Waals surface area (Å²) in [5.41, 5.74) is 0.869. The number of hydrogen-bond acceptors (Lipinski definition) is 4. The lowest BCUT2D eigenvalue weighted by molar-refractivity contribution is -0.123. The van der Waals surface area contributed by atoms with Crippen LogP contribution in [0.4, 0.5) is 5.69 Å². The van der Waals surface area contributed by atoms with Gasteiger partial charge in [0.25, 0.3) is 5.91 Å². The lowest BCUT2D eigenvalue weighted by atomic mass is 10.3. The predicted octanol–water partition coefficient (Wildman–Crippen LogP) is 1.59. The van der Waals surface area contributed by atoms with Crippen molar-refractivity contribution < 1.29 is 14.3 Å². The number of imidazole rings is 1. The molecule has 1 fully saturated rings. The number of rotatable bonds is 7. The summed E-state index contributed by atoms with van der Waals surface area (Å²) in [5.74, 6) is 0.583. The van der Waals surface area contributed by atoms with Crippen LogP contribution >= 0.6 is 0 Å². The molecular formula is C18H22N4O3. The van der Waals surface area contributed by atoms with Crippen LogP contribution in [0.5, 0.6) is 5.75 Å². The summed E-state index contributed by atoms with van der Waals surface area (Å²) in [6.07, 6.45) is 6.78. The van der Waals surface area contributed by atoms with Crippen molar-refractivity contribution in [2.45, 2.75) is 32.4 Å². The van der Waals surface area contributed by atoms with Gasteiger partial charge in [-0.2, -0.15) is 0 Å². The third-order valence-corrected chi connectivity index (χ3v) is 4.04. The number of hydrogen-bond donors (Lipinski definition) is 1. The number of carbonyl (C=O) groups excluding carboxylic acids is 2. The first-order valence-corrected chi connectivity index (χ1v) is 8.40. The molecule has 1 aliphatic heterocycles. The molecule has 2 amide bonds. The van der Waals surface area contributed by atoms with E-state index in [0.717, 1.165) is 18.7 Å². The van der Waals surface area contributed by atoms with E-state index in [1.165, 1.54) is 0 Å². The molecule has 0 bridgehead atoms. The maximum Gasteiger partial charge on any atom is 0.258 e. The van der Waals surface area contributed by atoms with E-state index in [0.29, 0.717) is 18.7 Å². The average Bonchev–Trinajstić information content (AvgIpc) is 3.25. The molecule has 1 aromatic heterocycles. The number of ether oxygens (including phenoxy) is 1. The van der Waals surface area contributed by atoms with Crippen molar-refractivity contribution in [1.82, 2.24) is 14.9 Å². The van der Waals surface area contributed by atoms with Gasteiger partial charge in [-0.25, -0.2) is 4.98 Å². The van der Waals surface area contributed by atoms with E-state index in [2.05, 4.69) is 10.3 Å². The van der Waals surface area contributed by atoms with E-state index < -0.39 is 0 Å². The zero-order valence-electron chi connectivity index (χ0n) is 14.2. The van der Waals surface area contributed by atoms with Crippen molar-refractivity contribution in [3.05, 3.63) is 43.0 Å². The summed E-state index contributed by atoms with van der Waals surface area (Å²) >= 11 is 0. The fourth-order valence-electron chi connectivity index (χ4n) is 2.87. The van der Waals surface area contributed by atoms with Crippen molar-refractivity contribution >= 4 is 17.5 Å². The monoisotopic (exact) mass is 342 g/mol. The van der Waals surface area contributed by atoms with Gasteiger partial charge in [-0.3, -0.25) is 9.59 Å². The Kier molecular flexibility index (Phi) is 5.33. The highest BCUT2D eigenvalue weighted by Gasteiger charge is 2.21. The Morgan fingerprint density at radius 2 is 2.16 bits per heavy atom. The van der Waals surface area contributed by atoms with E-state index >= 15 is 0 Å². The predicted molar refractivity (Wildman–Crippen MR) is 93.4 cm³/mol. The minimum Gasteiger partial charge on any atom is -0.484 e. The molecule has 7 heteroatoms. The Morgan fingerprint density at radius 1 is 1.36 bits per heavy atom. The molecule has 1 atom stereocenters. The first kappa shape index (κ1) is 17.0. The van der Waals surface area contributed by atoms with Crippen LogP contribution in [-0.4, -0.2) is 40.6 Å². The van der Waals surface area contributed by atoms with Crippen LogP contribution in [0.25, 0.3) is 0 Å². The molecule has 0 saturated carbocycles. The van der Waals surface area contributed by atoms with E-state index in [1.54, 1.807) is 29.6 Å². The second kappa shape index (κ2) is 7.83. The number of benzene rings is 1. The van der Waals surface area contributed by atoms with Gasteiger partial charge in [0, 0.05) is 43.6 Å². The second-order valence-electron chi connectivity index (χ2n) is 6.16. The average molecular weight is 342 g/mol. The van der Waals surface area contributed by atoms with Crippen molar-refractivity contribution in [1.29, 1.82) is 0 Å². The Morgan fingerprint density at radius 3 is 2.80 bits per heavy atom. The molecule has 1 N–H and O–H groups in total. The van der Waals surface area contributed by atoms with Crippen molar-refractivity contribution in [3.63, 3.8) is 0 Å². The summed E-state index contributed by atoms with van der Waals surface area (Å²) < 4.78 is 7.42. The number of amides is 2. The Hall–Kier alpha value is -2.83. The normalized spacial score (nSPS) is 15.2. The molecule has 1 saturated heterocycles. The van der Waals surface area contributed by atoms with Gasteiger partial charge in [-0.1, -0.05) is 0 Å². The molecule has 132 valence electrons. The van der Waals surface area contributed by atoms with Gasteiger partial charge < -0.3 is 19.5 Å². The third kappa shape index (κ3) is 4.59. The standard InChI is InChI=1S/C18H22N4O3/c1-14(11-21-10-8-19-13-21)20-17(23)12-25-16-6-4-15(5-7-16)22-9-2-3-18(22)24/h4-8,10,13-14H,2-3,9,11-12H2,1H3,(H,20,23)/t14-/m1/s1. The van der Waals surface area contributed by atoms with Crippen LogP contribution in [0.3, 0.4) is 0 Å². The number of anilines is 1. The van der Waals surface area contributed by atoms with Gasteiger partial charge in [0.15, 0.2) is 6.61 Å². The zero-order valence-corrected chi connectivity index (χ0v) is 14.2. The topological polar surface area (TPSA) is 76.5 Å². The van der Waals surface area contributed by atoms with Gasteiger partial charge in [0.05, 0.1) is 6.33 Å². The molecule has 2 aromatic rings. The SMILES string of the molecule is C[C@H](Cn1ccnc1)NC(=O)COc1ccc(N2CCCC2=O)cc1. The fraction of sp³-hybridized carbons (Fsp3) is 0.389. The first-order chi connectivity index (χ1) is 12.1. The maximum atomic E-state index is 12.0. The highest BCUT2D eigenvalue weighted by atomic mass is 16.5. The minimum absolute atomic E-state index is 0.0196. The van der Waals surface area contributed by atoms with Gasteiger partial charge in [-0.05, 0) is 37.6 Å². The zero-order chi connectivity index (χ0) is 17.6. The lowest BCUT2D eigenvalue weighted by Crippen LogP contribution is -2.38. The van der Waals surface area contributed by atoms with Crippen molar-refractivity contribution in [2.75, 3.05) is 18.1 Å². The molecule has 3 rings (SSSR count). The Balaban J connectivity index is 1.44. The molecule has 1 aromatic carbocycles. The molecule has 0 spiro atoms. The number of carbonyl (C=O) groups is 2. The lowest BCUT2D eigenvalue weighted by Gasteiger charge is -2.16. The van der Waals surface area contributed by atoms with Crippen molar-refractivity contribution in [3.8, 4) is 5.75 Å². The molecule has 7 nitrogen and oxygen atoms in total. The van der Waals surface area contributed by atoms with Gasteiger partial charge in [0.2, 0.25) is 5.91 Å². The molecule has 25 heavy (non-hydrogen) atoms. The largest absolute Gasteiger partial charge is 0.484 e. The van der Waals surface area contributed by atoms with Gasteiger partial charge >= 0.3 is 0 Å². The summed E-state index contributed by atoms with van der Waals surface area (Å²) in [6.45, 7) is 3.30. The summed E-state index contributed by atoms with van der Waals surface area (Å²) in [5, 5.41) is 2.88. The van der Waals surface area contributed by atoms with Crippen LogP contribution in [-0.2, 0) is 16.1 Å². The molecule has 0 radical (unpaired) electrons. The number of aromatic nitrogens is 2. The Bertz CT molecular complexity index is 712. The van der Waals surface area contributed by atoms with Gasteiger partial charge in [0.1, 0.15) is 5.75 Å². The Labute approximate surface area is 146 Å². The van der Waals surface area contributed by atoms with Crippen molar-refractivity contribution in [2.24, 2.45) is 0 Å². The molecule has 2 heterocycles. The summed E-state index contributed by atoms with van der Waals surface area (Å²) in [6, 6.07) is 7.23. The smallest absolute Gasteiger partial charge is 0.258 e. The molecule has 1 aliphatic rings. The minimum atomic E-state index is -0.175. The maximum absolute atomic E-state index is 12.0. The van der Waals surface area contributed by atoms with Crippen LogP contribution in [0, 0.1) is 0 Å². The fourth-order valence-corrected chi connectivity index (χ4v) is 2.87. The molecule has 0 unspecified atom stereocenters. The van der Waals surface area contributed by atoms with E-state index in [4.69, 9.17) is 4.74 Å². The molecule has 0 aliphatic carbocycles. The van der Waals surface area contributed by atoms with E-state index in [1.807, 2.05) is 29.8 Å². The number of nitrogens with one attached hydrogen (secondary N) is 1. The second-order valence-corrected chi connectivity index (χ2v) is 6.16. The first-order valence-electron chi connectivity index (χ1n) is 8.40. The summed E-state index contributed by atoms with van der Waals surface area (Å²) in [4.78, 5) is 29.4. The van der Waals surface area contributed by atoms with Crippen LogP contribution in [0.2, 0.25) is 0 Å². The third-order valence-electron chi connectivity index (χ3n) is 4.04. The van der Waals surface area contributed by atoms with E-state index in [9.17, 15) is 9.59 Å². The van der Waals surface area contributed by atoms with Crippen LogP contribution < -0.4 is 15.0 Å². The quantitative estimate of drug-likeness (QED) is 0.829. The number of nitrogens with zero attached hydrogens (tertiary/aromatic N) is 3. The highest BCUT2D eigenvalue weighted by Crippen LogP contribution is 2.23.